The Balaban J connectivity index is 1.60. The van der Waals surface area contributed by atoms with E-state index >= 15 is 0 Å². The Kier molecular flexibility index (Phi) is 6.58. The third-order valence-electron chi connectivity index (χ3n) is 5.26. The molecule has 2 heterocycles. The van der Waals surface area contributed by atoms with Crippen LogP contribution in [0.2, 0.25) is 5.02 Å². The number of carbonyl (C=O) groups excluding carboxylic acids is 1. The molecule has 0 saturated carbocycles. The summed E-state index contributed by atoms with van der Waals surface area (Å²) < 4.78 is 30.3. The monoisotopic (exact) mass is 483 g/mol. The number of nitrogen functional groups attached to an aromatic ring is 1. The van der Waals surface area contributed by atoms with Gasteiger partial charge in [0.2, 0.25) is 0 Å². The van der Waals surface area contributed by atoms with E-state index in [1.54, 1.807) is 36.3 Å². The number of aliphatic hydroxyl groups excluding tert-OH is 1. The van der Waals surface area contributed by atoms with Crippen molar-refractivity contribution in [1.82, 2.24) is 20.1 Å². The molecule has 0 radical (unpaired) electrons. The average molecular weight is 484 g/mol. The average Bonchev–Trinajstić information content (AvgIpc) is 3.23. The predicted molar refractivity (Wildman–Crippen MR) is 125 cm³/mol. The number of aryl methyl sites for hydroxylation is 1. The zero-order valence-electron chi connectivity index (χ0n) is 18.0. The first kappa shape index (κ1) is 23.3. The number of benzene rings is 2. The van der Waals surface area contributed by atoms with Crippen molar-refractivity contribution < 1.29 is 18.7 Å². The van der Waals surface area contributed by atoms with E-state index in [0.29, 0.717) is 11.1 Å². The summed E-state index contributed by atoms with van der Waals surface area (Å²) in [5.74, 6) is -1.99. The van der Waals surface area contributed by atoms with Gasteiger partial charge in [0.1, 0.15) is 17.5 Å². The van der Waals surface area contributed by atoms with Crippen LogP contribution in [-0.4, -0.2) is 32.4 Å². The first-order chi connectivity index (χ1) is 16.2. The predicted octanol–water partition coefficient (Wildman–Crippen LogP) is 4.13. The molecule has 174 valence electrons. The maximum Gasteiger partial charge on any atom is 0.254 e. The topological polar surface area (TPSA) is 106 Å². The van der Waals surface area contributed by atoms with Crippen molar-refractivity contribution in [1.29, 1.82) is 0 Å². The fourth-order valence-electron chi connectivity index (χ4n) is 3.55. The van der Waals surface area contributed by atoms with Crippen LogP contribution in [0.3, 0.4) is 0 Å². The Morgan fingerprint density at radius 3 is 2.59 bits per heavy atom. The van der Waals surface area contributed by atoms with E-state index in [2.05, 4.69) is 15.4 Å². The first-order valence-corrected chi connectivity index (χ1v) is 10.5. The van der Waals surface area contributed by atoms with Crippen LogP contribution in [0.1, 0.15) is 22.0 Å². The van der Waals surface area contributed by atoms with Gasteiger partial charge in [0.05, 0.1) is 24.4 Å². The van der Waals surface area contributed by atoms with E-state index < -0.39 is 30.2 Å². The van der Waals surface area contributed by atoms with Crippen LogP contribution in [0.4, 0.5) is 14.6 Å². The summed E-state index contributed by atoms with van der Waals surface area (Å²) in [5, 5.41) is 16.4. The van der Waals surface area contributed by atoms with Gasteiger partial charge >= 0.3 is 0 Å². The molecule has 10 heteroatoms. The van der Waals surface area contributed by atoms with Gasteiger partial charge in [-0.05, 0) is 47.5 Å². The largest absolute Gasteiger partial charge is 0.394 e. The molecule has 0 spiro atoms. The molecule has 0 saturated heterocycles. The highest BCUT2D eigenvalue weighted by Gasteiger charge is 2.20. The lowest BCUT2D eigenvalue weighted by Gasteiger charge is -2.18. The Bertz CT molecular complexity index is 1360. The van der Waals surface area contributed by atoms with Gasteiger partial charge in [-0.1, -0.05) is 17.7 Å². The lowest BCUT2D eigenvalue weighted by molar-refractivity contribution is 0.0912. The summed E-state index contributed by atoms with van der Waals surface area (Å²) in [4.78, 5) is 16.9. The summed E-state index contributed by atoms with van der Waals surface area (Å²) in [6.45, 7) is -0.533. The molecule has 0 fully saturated rings. The quantitative estimate of drug-likeness (QED) is 0.382. The summed E-state index contributed by atoms with van der Waals surface area (Å²) in [6, 6.07) is 8.48. The zero-order valence-corrected chi connectivity index (χ0v) is 18.7. The molecule has 4 N–H and O–H groups in total. The lowest BCUT2D eigenvalue weighted by atomic mass is 10.0. The lowest BCUT2D eigenvalue weighted by Crippen LogP contribution is -2.31. The summed E-state index contributed by atoms with van der Waals surface area (Å²) in [7, 11) is 1.79. The summed E-state index contributed by atoms with van der Waals surface area (Å²) >= 11 is 5.86. The number of rotatable bonds is 6. The van der Waals surface area contributed by atoms with E-state index in [1.165, 1.54) is 18.2 Å². The number of carbonyl (C=O) groups is 1. The fourth-order valence-corrected chi connectivity index (χ4v) is 3.78. The summed E-state index contributed by atoms with van der Waals surface area (Å²) in [5.41, 5.74) is 8.52. The van der Waals surface area contributed by atoms with Crippen molar-refractivity contribution in [3.8, 4) is 22.3 Å². The van der Waals surface area contributed by atoms with Crippen LogP contribution < -0.4 is 11.1 Å². The third kappa shape index (κ3) is 4.90. The fraction of sp³-hybridized carbons (Fsp3) is 0.125. The molecule has 2 aromatic heterocycles. The van der Waals surface area contributed by atoms with Crippen molar-refractivity contribution in [2.75, 3.05) is 12.3 Å². The minimum atomic E-state index is -0.976. The molecular formula is C24H20ClF2N5O2. The minimum absolute atomic E-state index is 0.109. The van der Waals surface area contributed by atoms with E-state index in [9.17, 15) is 18.7 Å². The molecule has 1 amide bonds. The van der Waals surface area contributed by atoms with Gasteiger partial charge in [0, 0.05) is 41.2 Å². The first-order valence-electron chi connectivity index (χ1n) is 10.2. The second-order valence-electron chi connectivity index (χ2n) is 7.67. The third-order valence-corrected chi connectivity index (χ3v) is 5.47. The SMILES string of the molecule is Cn1cc(-c2cnc(N)c(-c3ccc(C(=O)N[C@H](CO)c4cc(F)cc(Cl)c4)c(F)c3)c2)cn1. The highest BCUT2D eigenvalue weighted by atomic mass is 35.5. The smallest absolute Gasteiger partial charge is 0.254 e. The second-order valence-corrected chi connectivity index (χ2v) is 8.10. The van der Waals surface area contributed by atoms with Crippen molar-refractivity contribution in [3.63, 3.8) is 0 Å². The number of hydrogen-bond donors (Lipinski definition) is 3. The van der Waals surface area contributed by atoms with Crippen molar-refractivity contribution in [2.45, 2.75) is 6.04 Å². The number of pyridine rings is 1. The molecule has 0 aliphatic rings. The van der Waals surface area contributed by atoms with Crippen LogP contribution in [0.15, 0.2) is 61.1 Å². The number of halogens is 3. The number of hydrogen-bond acceptors (Lipinski definition) is 5. The molecule has 4 aromatic rings. The molecular weight excluding hydrogens is 464 g/mol. The Morgan fingerprint density at radius 1 is 1.15 bits per heavy atom. The normalized spacial score (nSPS) is 11.9. The molecule has 0 bridgehead atoms. The molecule has 2 aromatic carbocycles. The van der Waals surface area contributed by atoms with Gasteiger partial charge in [-0.2, -0.15) is 5.10 Å². The van der Waals surface area contributed by atoms with Gasteiger partial charge in [-0.15, -0.1) is 0 Å². The van der Waals surface area contributed by atoms with Crippen molar-refractivity contribution in [3.05, 3.63) is 88.8 Å². The number of aromatic nitrogens is 3. The van der Waals surface area contributed by atoms with Gasteiger partial charge in [-0.3, -0.25) is 9.48 Å². The molecule has 0 aliphatic carbocycles. The van der Waals surface area contributed by atoms with Crippen molar-refractivity contribution >= 4 is 23.3 Å². The summed E-state index contributed by atoms with van der Waals surface area (Å²) in [6.07, 6.45) is 5.09. The molecule has 0 unspecified atom stereocenters. The number of nitrogens with one attached hydrogen (secondary N) is 1. The highest BCUT2D eigenvalue weighted by molar-refractivity contribution is 6.30. The highest BCUT2D eigenvalue weighted by Crippen LogP contribution is 2.30. The van der Waals surface area contributed by atoms with E-state index in [4.69, 9.17) is 17.3 Å². The van der Waals surface area contributed by atoms with Gasteiger partial charge in [0.15, 0.2) is 0 Å². The maximum atomic E-state index is 15.0. The molecule has 0 aliphatic heterocycles. The number of amides is 1. The van der Waals surface area contributed by atoms with Gasteiger partial charge in [0.25, 0.3) is 5.91 Å². The van der Waals surface area contributed by atoms with Crippen LogP contribution in [-0.2, 0) is 7.05 Å². The standard InChI is InChI=1S/C24H20ClF2N5O2/c1-32-11-16(10-30-32)15-6-20(23(28)29-9-15)13-2-3-19(21(27)7-13)24(34)31-22(12-33)14-4-17(25)8-18(26)5-14/h2-11,22,33H,12H2,1H3,(H2,28,29)(H,31,34)/t22-/m1/s1. The number of anilines is 1. The van der Waals surface area contributed by atoms with Crippen LogP contribution in [0.25, 0.3) is 22.3 Å². The Morgan fingerprint density at radius 2 is 1.94 bits per heavy atom. The van der Waals surface area contributed by atoms with Gasteiger partial charge < -0.3 is 16.2 Å². The number of nitrogens with zero attached hydrogens (tertiary/aromatic N) is 3. The van der Waals surface area contributed by atoms with Crippen molar-refractivity contribution in [2.24, 2.45) is 7.05 Å². The number of aliphatic hydroxyl groups is 1. The molecule has 7 nitrogen and oxygen atoms in total. The maximum absolute atomic E-state index is 15.0. The van der Waals surface area contributed by atoms with Crippen LogP contribution in [0, 0.1) is 11.6 Å². The van der Waals surface area contributed by atoms with E-state index in [1.807, 2.05) is 6.20 Å². The Hall–Kier alpha value is -3.82. The van der Waals surface area contributed by atoms with E-state index in [0.717, 1.165) is 23.3 Å². The second kappa shape index (κ2) is 9.58. The van der Waals surface area contributed by atoms with Crippen LogP contribution in [0.5, 0.6) is 0 Å². The molecule has 34 heavy (non-hydrogen) atoms. The molecule has 1 atom stereocenters. The van der Waals surface area contributed by atoms with Gasteiger partial charge in [-0.25, -0.2) is 13.8 Å². The molecule has 4 rings (SSSR count). The van der Waals surface area contributed by atoms with Crippen LogP contribution >= 0.6 is 11.6 Å². The minimum Gasteiger partial charge on any atom is -0.394 e. The Labute approximate surface area is 198 Å². The van der Waals surface area contributed by atoms with E-state index in [-0.39, 0.29) is 22.0 Å². The number of nitrogens with two attached hydrogens (primary N) is 1. The zero-order chi connectivity index (χ0) is 24.4.